The predicted octanol–water partition coefficient (Wildman–Crippen LogP) is 3.26. The van der Waals surface area contributed by atoms with Crippen molar-refractivity contribution in [3.05, 3.63) is 53.1 Å². The second-order valence-corrected chi connectivity index (χ2v) is 5.40. The largest absolute Gasteiger partial charge is 0.485 e. The van der Waals surface area contributed by atoms with E-state index in [-0.39, 0.29) is 24.5 Å². The molecule has 116 valence electrons. The second kappa shape index (κ2) is 6.60. The molecule has 0 amide bonds. The molecule has 1 aliphatic rings. The van der Waals surface area contributed by atoms with Crippen molar-refractivity contribution in [1.29, 1.82) is 0 Å². The average Bonchev–Trinajstić information content (AvgIpc) is 2.94. The molecule has 1 aliphatic heterocycles. The van der Waals surface area contributed by atoms with Gasteiger partial charge in [0.1, 0.15) is 18.5 Å². The van der Waals surface area contributed by atoms with Gasteiger partial charge < -0.3 is 9.47 Å². The zero-order chi connectivity index (χ0) is 16.3. The SMILES string of the molecule is C=C(COC(=O)/C(C)=C\C)[C@H]1Cc2cc(C(C)=O)ccc2O1. The summed E-state index contributed by atoms with van der Waals surface area (Å²) >= 11 is 0. The number of ether oxygens (including phenoxy) is 2. The Labute approximate surface area is 130 Å². The van der Waals surface area contributed by atoms with E-state index < -0.39 is 0 Å². The molecule has 2 rings (SSSR count). The van der Waals surface area contributed by atoms with Crippen LogP contribution in [0.4, 0.5) is 0 Å². The highest BCUT2D eigenvalue weighted by Crippen LogP contribution is 2.32. The Morgan fingerprint density at radius 3 is 2.77 bits per heavy atom. The fraction of sp³-hybridized carbons (Fsp3) is 0.333. The molecule has 0 N–H and O–H groups in total. The van der Waals surface area contributed by atoms with Gasteiger partial charge in [-0.2, -0.15) is 0 Å². The van der Waals surface area contributed by atoms with E-state index in [2.05, 4.69) is 6.58 Å². The Balaban J connectivity index is 1.97. The van der Waals surface area contributed by atoms with E-state index in [0.29, 0.717) is 23.1 Å². The molecule has 1 aromatic carbocycles. The van der Waals surface area contributed by atoms with E-state index >= 15 is 0 Å². The first-order chi connectivity index (χ1) is 10.4. The van der Waals surface area contributed by atoms with Crippen LogP contribution >= 0.6 is 0 Å². The Hall–Kier alpha value is -2.36. The minimum absolute atomic E-state index is 0.0286. The fourth-order valence-electron chi connectivity index (χ4n) is 2.18. The van der Waals surface area contributed by atoms with Crippen molar-refractivity contribution in [2.75, 3.05) is 6.61 Å². The van der Waals surface area contributed by atoms with Gasteiger partial charge in [0, 0.05) is 23.1 Å². The smallest absolute Gasteiger partial charge is 0.333 e. The second-order valence-electron chi connectivity index (χ2n) is 5.40. The Morgan fingerprint density at radius 2 is 2.14 bits per heavy atom. The van der Waals surface area contributed by atoms with E-state index in [1.807, 2.05) is 6.07 Å². The first kappa shape index (κ1) is 16.0. The highest BCUT2D eigenvalue weighted by Gasteiger charge is 2.26. The van der Waals surface area contributed by atoms with Gasteiger partial charge in [0.05, 0.1) is 0 Å². The van der Waals surface area contributed by atoms with Crippen LogP contribution in [0.15, 0.2) is 42.0 Å². The van der Waals surface area contributed by atoms with Crippen LogP contribution in [0.3, 0.4) is 0 Å². The number of Topliss-reactive ketones (excluding diaryl/α,β-unsaturated/α-hetero) is 1. The lowest BCUT2D eigenvalue weighted by Crippen LogP contribution is -2.20. The van der Waals surface area contributed by atoms with Gasteiger partial charge in [0.2, 0.25) is 0 Å². The molecule has 0 bridgehead atoms. The summed E-state index contributed by atoms with van der Waals surface area (Å²) in [4.78, 5) is 23.0. The average molecular weight is 300 g/mol. The molecule has 4 nitrogen and oxygen atoms in total. The van der Waals surface area contributed by atoms with E-state index in [9.17, 15) is 9.59 Å². The first-order valence-corrected chi connectivity index (χ1v) is 7.20. The van der Waals surface area contributed by atoms with Crippen LogP contribution < -0.4 is 4.74 Å². The Bertz CT molecular complexity index is 655. The van der Waals surface area contributed by atoms with Crippen molar-refractivity contribution in [2.45, 2.75) is 33.3 Å². The molecule has 1 atom stereocenters. The third-order valence-corrected chi connectivity index (χ3v) is 3.74. The molecular weight excluding hydrogens is 280 g/mol. The third-order valence-electron chi connectivity index (χ3n) is 3.74. The first-order valence-electron chi connectivity index (χ1n) is 7.20. The van der Waals surface area contributed by atoms with Crippen LogP contribution in [0.2, 0.25) is 0 Å². The summed E-state index contributed by atoms with van der Waals surface area (Å²) in [5.41, 5.74) is 2.92. The molecule has 1 aromatic rings. The fourth-order valence-corrected chi connectivity index (χ4v) is 2.18. The van der Waals surface area contributed by atoms with E-state index in [0.717, 1.165) is 11.3 Å². The zero-order valence-electron chi connectivity index (χ0n) is 13.1. The summed E-state index contributed by atoms with van der Waals surface area (Å²) < 4.78 is 11.0. The van der Waals surface area contributed by atoms with Crippen molar-refractivity contribution >= 4 is 11.8 Å². The number of fused-ring (bicyclic) bond motifs is 1. The lowest BCUT2D eigenvalue weighted by Gasteiger charge is -2.14. The van der Waals surface area contributed by atoms with Gasteiger partial charge in [-0.1, -0.05) is 12.7 Å². The lowest BCUT2D eigenvalue weighted by molar-refractivity contribution is -0.138. The zero-order valence-corrected chi connectivity index (χ0v) is 13.1. The molecule has 0 radical (unpaired) electrons. The van der Waals surface area contributed by atoms with Gasteiger partial charge in [-0.05, 0) is 44.5 Å². The quantitative estimate of drug-likeness (QED) is 0.362. The van der Waals surface area contributed by atoms with Crippen molar-refractivity contribution < 1.29 is 19.1 Å². The summed E-state index contributed by atoms with van der Waals surface area (Å²) in [5, 5.41) is 0. The summed E-state index contributed by atoms with van der Waals surface area (Å²) in [6.07, 6.45) is 2.11. The van der Waals surface area contributed by atoms with Crippen LogP contribution in [0.5, 0.6) is 5.75 Å². The molecule has 0 saturated heterocycles. The van der Waals surface area contributed by atoms with Crippen molar-refractivity contribution in [1.82, 2.24) is 0 Å². The third kappa shape index (κ3) is 3.45. The molecule has 1 heterocycles. The van der Waals surface area contributed by atoms with Crippen molar-refractivity contribution in [3.8, 4) is 5.75 Å². The van der Waals surface area contributed by atoms with Gasteiger partial charge in [0.15, 0.2) is 5.78 Å². The van der Waals surface area contributed by atoms with Crippen LogP contribution in [0.25, 0.3) is 0 Å². The topological polar surface area (TPSA) is 52.6 Å². The number of carbonyl (C=O) groups is 2. The maximum Gasteiger partial charge on any atom is 0.333 e. The minimum Gasteiger partial charge on any atom is -0.485 e. The minimum atomic E-state index is -0.349. The Morgan fingerprint density at radius 1 is 1.41 bits per heavy atom. The van der Waals surface area contributed by atoms with Gasteiger partial charge >= 0.3 is 5.97 Å². The summed E-state index contributed by atoms with van der Waals surface area (Å²) in [5.74, 6) is 0.436. The highest BCUT2D eigenvalue weighted by molar-refractivity contribution is 5.94. The number of ketones is 1. The lowest BCUT2D eigenvalue weighted by atomic mass is 10.0. The maximum atomic E-state index is 11.6. The predicted molar refractivity (Wildman–Crippen MR) is 84.1 cm³/mol. The van der Waals surface area contributed by atoms with Crippen LogP contribution in [0, 0.1) is 0 Å². The van der Waals surface area contributed by atoms with Gasteiger partial charge in [-0.15, -0.1) is 0 Å². The van der Waals surface area contributed by atoms with Gasteiger partial charge in [-0.25, -0.2) is 4.79 Å². The number of allylic oxidation sites excluding steroid dienone is 1. The number of hydrogen-bond acceptors (Lipinski definition) is 4. The number of rotatable bonds is 5. The molecule has 0 saturated carbocycles. The summed E-state index contributed by atoms with van der Waals surface area (Å²) in [6, 6.07) is 5.40. The van der Waals surface area contributed by atoms with Crippen LogP contribution in [-0.4, -0.2) is 24.5 Å². The van der Waals surface area contributed by atoms with E-state index in [4.69, 9.17) is 9.47 Å². The summed E-state index contributed by atoms with van der Waals surface area (Å²) in [7, 11) is 0. The normalized spacial score (nSPS) is 16.7. The van der Waals surface area contributed by atoms with Gasteiger partial charge in [0.25, 0.3) is 0 Å². The van der Waals surface area contributed by atoms with Crippen LogP contribution in [0.1, 0.15) is 36.7 Å². The molecule has 0 aliphatic carbocycles. The van der Waals surface area contributed by atoms with Crippen molar-refractivity contribution in [2.24, 2.45) is 0 Å². The number of benzene rings is 1. The van der Waals surface area contributed by atoms with Gasteiger partial charge in [-0.3, -0.25) is 4.79 Å². The monoisotopic (exact) mass is 300 g/mol. The molecule has 4 heteroatoms. The molecule has 0 fully saturated rings. The number of hydrogen-bond donors (Lipinski definition) is 0. The number of carbonyl (C=O) groups excluding carboxylic acids is 2. The number of esters is 1. The van der Waals surface area contributed by atoms with E-state index in [1.54, 1.807) is 32.1 Å². The van der Waals surface area contributed by atoms with Crippen LogP contribution in [-0.2, 0) is 16.0 Å². The molecule has 0 unspecified atom stereocenters. The highest BCUT2D eigenvalue weighted by atomic mass is 16.5. The molecular formula is C18H20O4. The maximum absolute atomic E-state index is 11.6. The molecule has 0 spiro atoms. The Kier molecular flexibility index (Phi) is 4.81. The molecule has 0 aromatic heterocycles. The van der Waals surface area contributed by atoms with E-state index in [1.165, 1.54) is 6.92 Å². The van der Waals surface area contributed by atoms with Crippen molar-refractivity contribution in [3.63, 3.8) is 0 Å². The summed E-state index contributed by atoms with van der Waals surface area (Å²) in [6.45, 7) is 9.10. The molecule has 22 heavy (non-hydrogen) atoms. The standard InChI is InChI=1S/C18H20O4/c1-5-11(2)18(20)21-10-12(3)17-9-15-8-14(13(4)19)6-7-16(15)22-17/h5-8,17H,3,9-10H2,1-2,4H3/b11-5-/t17-/m1/s1.